The molecule has 2 aromatic heterocycles. The summed E-state index contributed by atoms with van der Waals surface area (Å²) in [6.45, 7) is 6.30. The Morgan fingerprint density at radius 2 is 1.77 bits per heavy atom. The number of aromatic nitrogens is 3. The summed E-state index contributed by atoms with van der Waals surface area (Å²) in [4.78, 5) is 25.2. The van der Waals surface area contributed by atoms with Crippen molar-refractivity contribution in [1.29, 1.82) is 0 Å². The first kappa shape index (κ1) is 17.5. The van der Waals surface area contributed by atoms with E-state index in [1.54, 1.807) is 18.5 Å². The maximum atomic E-state index is 12.5. The molecule has 0 radical (unpaired) electrons. The molecule has 132 valence electrons. The molecule has 1 aromatic carbocycles. The van der Waals surface area contributed by atoms with Gasteiger partial charge in [-0.15, -0.1) is 0 Å². The van der Waals surface area contributed by atoms with Crippen molar-refractivity contribution in [2.75, 3.05) is 5.32 Å². The van der Waals surface area contributed by atoms with Gasteiger partial charge in [0, 0.05) is 30.3 Å². The lowest BCUT2D eigenvalue weighted by Crippen LogP contribution is -2.24. The van der Waals surface area contributed by atoms with Gasteiger partial charge >= 0.3 is 0 Å². The first-order valence-corrected chi connectivity index (χ1v) is 8.38. The molecule has 0 aliphatic carbocycles. The predicted molar refractivity (Wildman–Crippen MR) is 101 cm³/mol. The van der Waals surface area contributed by atoms with Crippen LogP contribution in [0.15, 0.2) is 48.8 Å². The molecule has 6 heteroatoms. The average molecular weight is 347 g/mol. The molecule has 1 amide bonds. The Bertz CT molecular complexity index is 925. The van der Waals surface area contributed by atoms with Gasteiger partial charge in [0.25, 0.3) is 5.91 Å². The van der Waals surface area contributed by atoms with Crippen LogP contribution in [0.4, 0.5) is 11.6 Å². The lowest BCUT2D eigenvalue weighted by Gasteiger charge is -2.11. The molecule has 3 aromatic rings. The van der Waals surface area contributed by atoms with Gasteiger partial charge in [-0.2, -0.15) is 0 Å². The van der Waals surface area contributed by atoms with E-state index in [1.165, 1.54) is 0 Å². The van der Waals surface area contributed by atoms with Crippen molar-refractivity contribution >= 4 is 17.5 Å². The fraction of sp³-hybridized carbons (Fsp3) is 0.200. The number of aryl methyl sites for hydroxylation is 3. The summed E-state index contributed by atoms with van der Waals surface area (Å²) in [5, 5.41) is 6.08. The van der Waals surface area contributed by atoms with Crippen LogP contribution in [0.2, 0.25) is 0 Å². The van der Waals surface area contributed by atoms with Crippen molar-refractivity contribution in [3.63, 3.8) is 0 Å². The number of nitrogens with zero attached hydrogens (tertiary/aromatic N) is 3. The van der Waals surface area contributed by atoms with Crippen LogP contribution in [0.3, 0.4) is 0 Å². The van der Waals surface area contributed by atoms with Crippen molar-refractivity contribution < 1.29 is 4.79 Å². The number of nitrogens with one attached hydrogen (secondary N) is 2. The van der Waals surface area contributed by atoms with E-state index in [9.17, 15) is 4.79 Å². The van der Waals surface area contributed by atoms with E-state index >= 15 is 0 Å². The second-order valence-electron chi connectivity index (χ2n) is 6.20. The quantitative estimate of drug-likeness (QED) is 0.739. The van der Waals surface area contributed by atoms with E-state index in [1.807, 2.05) is 45.0 Å². The van der Waals surface area contributed by atoms with E-state index in [4.69, 9.17) is 0 Å². The summed E-state index contributed by atoms with van der Waals surface area (Å²) in [6, 6.07) is 11.5. The number of amides is 1. The maximum absolute atomic E-state index is 12.5. The zero-order valence-electron chi connectivity index (χ0n) is 15.1. The summed E-state index contributed by atoms with van der Waals surface area (Å²) >= 11 is 0. The monoisotopic (exact) mass is 347 g/mol. The van der Waals surface area contributed by atoms with E-state index in [0.29, 0.717) is 18.2 Å². The number of carbonyl (C=O) groups is 1. The number of carbonyl (C=O) groups excluding carboxylic acids is 1. The summed E-state index contributed by atoms with van der Waals surface area (Å²) in [5.74, 6) is 0.170. The molecule has 0 saturated heterocycles. The zero-order valence-corrected chi connectivity index (χ0v) is 15.1. The molecule has 6 nitrogen and oxygen atoms in total. The Kier molecular flexibility index (Phi) is 5.22. The highest BCUT2D eigenvalue weighted by Crippen LogP contribution is 2.20. The highest BCUT2D eigenvalue weighted by molar-refractivity contribution is 5.92. The molecular formula is C20H21N5O. The molecule has 0 aliphatic rings. The normalized spacial score (nSPS) is 10.4. The molecule has 0 spiro atoms. The first-order valence-electron chi connectivity index (χ1n) is 8.38. The van der Waals surface area contributed by atoms with Crippen molar-refractivity contribution in [2.24, 2.45) is 0 Å². The van der Waals surface area contributed by atoms with Crippen LogP contribution in [-0.2, 0) is 6.54 Å². The molecule has 0 atom stereocenters. The SMILES string of the molecule is Cc1ccc(C)c(Nc2nc(C)cc(C(=O)NCc3ccncc3)n2)c1. The minimum Gasteiger partial charge on any atom is -0.347 e. The highest BCUT2D eigenvalue weighted by Gasteiger charge is 2.11. The van der Waals surface area contributed by atoms with Gasteiger partial charge in [-0.05, 0) is 61.7 Å². The first-order chi connectivity index (χ1) is 12.5. The van der Waals surface area contributed by atoms with Crippen LogP contribution in [0.5, 0.6) is 0 Å². The van der Waals surface area contributed by atoms with E-state index < -0.39 is 0 Å². The van der Waals surface area contributed by atoms with Crippen molar-refractivity contribution in [2.45, 2.75) is 27.3 Å². The minimum atomic E-state index is -0.240. The van der Waals surface area contributed by atoms with Crippen LogP contribution >= 0.6 is 0 Å². The van der Waals surface area contributed by atoms with Gasteiger partial charge in [-0.3, -0.25) is 9.78 Å². The Hall–Kier alpha value is -3.28. The topological polar surface area (TPSA) is 79.8 Å². The third-order valence-electron chi connectivity index (χ3n) is 3.93. The minimum absolute atomic E-state index is 0.240. The number of hydrogen-bond donors (Lipinski definition) is 2. The van der Waals surface area contributed by atoms with Gasteiger partial charge in [-0.1, -0.05) is 12.1 Å². The average Bonchev–Trinajstić information content (AvgIpc) is 2.63. The van der Waals surface area contributed by atoms with E-state index in [-0.39, 0.29) is 5.91 Å². The summed E-state index contributed by atoms with van der Waals surface area (Å²) in [7, 11) is 0. The number of rotatable bonds is 5. The lowest BCUT2D eigenvalue weighted by atomic mass is 10.1. The molecule has 2 heterocycles. The van der Waals surface area contributed by atoms with Crippen molar-refractivity contribution in [3.8, 4) is 0 Å². The van der Waals surface area contributed by atoms with Crippen LogP contribution in [0.25, 0.3) is 0 Å². The van der Waals surface area contributed by atoms with E-state index in [2.05, 4.69) is 31.7 Å². The molecule has 0 bridgehead atoms. The predicted octanol–water partition coefficient (Wildman–Crippen LogP) is 3.47. The fourth-order valence-electron chi connectivity index (χ4n) is 2.51. The zero-order chi connectivity index (χ0) is 18.5. The van der Waals surface area contributed by atoms with E-state index in [0.717, 1.165) is 28.1 Å². The van der Waals surface area contributed by atoms with Gasteiger partial charge in [0.15, 0.2) is 0 Å². The van der Waals surface area contributed by atoms with Gasteiger partial charge in [0.2, 0.25) is 5.95 Å². The van der Waals surface area contributed by atoms with Gasteiger partial charge in [0.05, 0.1) is 0 Å². The summed E-state index contributed by atoms with van der Waals surface area (Å²) in [5.41, 5.74) is 5.19. The lowest BCUT2D eigenvalue weighted by molar-refractivity contribution is 0.0945. The largest absolute Gasteiger partial charge is 0.347 e. The number of anilines is 2. The Labute approximate surface area is 152 Å². The third-order valence-corrected chi connectivity index (χ3v) is 3.93. The standard InChI is InChI=1S/C20H21N5O/c1-13-4-5-14(2)17(10-13)24-20-23-15(3)11-18(25-20)19(26)22-12-16-6-8-21-9-7-16/h4-11H,12H2,1-3H3,(H,22,26)(H,23,24,25). The van der Waals surface area contributed by atoms with Gasteiger partial charge in [0.1, 0.15) is 5.69 Å². The van der Waals surface area contributed by atoms with Gasteiger partial charge < -0.3 is 10.6 Å². The summed E-state index contributed by atoms with van der Waals surface area (Å²) < 4.78 is 0. The van der Waals surface area contributed by atoms with Gasteiger partial charge in [-0.25, -0.2) is 9.97 Å². The molecule has 3 rings (SSSR count). The van der Waals surface area contributed by atoms with Crippen LogP contribution in [0, 0.1) is 20.8 Å². The van der Waals surface area contributed by atoms with Crippen LogP contribution in [0.1, 0.15) is 32.9 Å². The molecular weight excluding hydrogens is 326 g/mol. The third kappa shape index (κ3) is 4.42. The highest BCUT2D eigenvalue weighted by atomic mass is 16.1. The Morgan fingerprint density at radius 3 is 2.54 bits per heavy atom. The van der Waals surface area contributed by atoms with Crippen LogP contribution in [-0.4, -0.2) is 20.9 Å². The number of pyridine rings is 1. The molecule has 2 N–H and O–H groups in total. The molecule has 0 unspecified atom stereocenters. The molecule has 0 aliphatic heterocycles. The molecule has 0 saturated carbocycles. The van der Waals surface area contributed by atoms with Crippen molar-refractivity contribution in [3.05, 3.63) is 76.9 Å². The fourth-order valence-corrected chi connectivity index (χ4v) is 2.51. The molecule has 26 heavy (non-hydrogen) atoms. The number of benzene rings is 1. The summed E-state index contributed by atoms with van der Waals surface area (Å²) in [6.07, 6.45) is 3.39. The maximum Gasteiger partial charge on any atom is 0.270 e. The van der Waals surface area contributed by atoms with Crippen molar-refractivity contribution in [1.82, 2.24) is 20.3 Å². The smallest absolute Gasteiger partial charge is 0.270 e. The Balaban J connectivity index is 1.76. The van der Waals surface area contributed by atoms with Crippen LogP contribution < -0.4 is 10.6 Å². The molecule has 0 fully saturated rings. The Morgan fingerprint density at radius 1 is 1.00 bits per heavy atom. The second-order valence-corrected chi connectivity index (χ2v) is 6.20. The second kappa shape index (κ2) is 7.74. The number of hydrogen-bond acceptors (Lipinski definition) is 5.